The topological polar surface area (TPSA) is 66.8 Å². The number of sulfone groups is 1. The maximum Gasteiger partial charge on any atom is 0.252 e. The predicted molar refractivity (Wildman–Crippen MR) is 115 cm³/mol. The number of benzene rings is 2. The molecular formula is C21H22N2O3S2. The van der Waals surface area contributed by atoms with Gasteiger partial charge in [-0.3, -0.25) is 4.79 Å². The second-order valence-corrected chi connectivity index (χ2v) is 10.8. The van der Waals surface area contributed by atoms with Gasteiger partial charge in [0, 0.05) is 10.9 Å². The van der Waals surface area contributed by atoms with E-state index in [0.29, 0.717) is 5.17 Å². The molecule has 1 amide bonds. The number of rotatable bonds is 3. The van der Waals surface area contributed by atoms with E-state index < -0.39 is 9.84 Å². The molecule has 4 rings (SSSR count). The fourth-order valence-corrected chi connectivity index (χ4v) is 7.63. The van der Waals surface area contributed by atoms with Crippen LogP contribution in [0.3, 0.4) is 0 Å². The van der Waals surface area contributed by atoms with E-state index in [0.717, 1.165) is 22.4 Å². The van der Waals surface area contributed by atoms with E-state index in [1.165, 1.54) is 11.8 Å². The number of aryl methyl sites for hydroxylation is 2. The van der Waals surface area contributed by atoms with Crippen molar-refractivity contribution in [3.63, 3.8) is 0 Å². The number of amidine groups is 1. The first-order valence-electron chi connectivity index (χ1n) is 9.21. The van der Waals surface area contributed by atoms with Gasteiger partial charge in [-0.05, 0) is 31.0 Å². The van der Waals surface area contributed by atoms with E-state index in [-0.39, 0.29) is 35.1 Å². The standard InChI is InChI=1S/C21H22N2O3S2/c1-14-7-9-16(10-8-14)11-20(24)22-21-23(17-6-4-3-5-15(17)2)18-12-28(25,26)13-19(18)27-21/h3-10,18-19H,11-13H2,1-2H3/t18-,19-/m0/s1. The highest BCUT2D eigenvalue weighted by Crippen LogP contribution is 2.41. The van der Waals surface area contributed by atoms with Gasteiger partial charge in [-0.25, -0.2) is 8.42 Å². The molecule has 0 bridgehead atoms. The van der Waals surface area contributed by atoms with Crippen molar-refractivity contribution in [1.82, 2.24) is 0 Å². The first-order chi connectivity index (χ1) is 13.3. The van der Waals surface area contributed by atoms with Gasteiger partial charge in [0.2, 0.25) is 0 Å². The second-order valence-electron chi connectivity index (χ2n) is 7.41. The highest BCUT2D eigenvalue weighted by atomic mass is 32.2. The Hall–Kier alpha value is -2.12. The summed E-state index contributed by atoms with van der Waals surface area (Å²) in [5.41, 5.74) is 4.02. The lowest BCUT2D eigenvalue weighted by atomic mass is 10.1. The summed E-state index contributed by atoms with van der Waals surface area (Å²) in [6, 6.07) is 15.5. The number of fused-ring (bicyclic) bond motifs is 1. The summed E-state index contributed by atoms with van der Waals surface area (Å²) >= 11 is 1.41. The number of anilines is 1. The SMILES string of the molecule is Cc1ccc(CC(=O)N=C2S[C@H]3CS(=O)(=O)C[C@@H]3N2c2ccccc2C)cc1. The van der Waals surface area contributed by atoms with E-state index in [9.17, 15) is 13.2 Å². The summed E-state index contributed by atoms with van der Waals surface area (Å²) in [6.07, 6.45) is 0.236. The van der Waals surface area contributed by atoms with Gasteiger partial charge in [-0.1, -0.05) is 59.8 Å². The molecule has 28 heavy (non-hydrogen) atoms. The van der Waals surface area contributed by atoms with E-state index in [1.807, 2.05) is 67.3 Å². The quantitative estimate of drug-likeness (QED) is 0.772. The monoisotopic (exact) mass is 414 g/mol. The molecule has 2 aromatic rings. The van der Waals surface area contributed by atoms with Crippen LogP contribution in [-0.2, 0) is 21.1 Å². The molecule has 2 aliphatic rings. The first-order valence-corrected chi connectivity index (χ1v) is 11.9. The molecule has 0 saturated carbocycles. The van der Waals surface area contributed by atoms with Crippen molar-refractivity contribution in [1.29, 1.82) is 0 Å². The van der Waals surface area contributed by atoms with Gasteiger partial charge in [-0.2, -0.15) is 4.99 Å². The summed E-state index contributed by atoms with van der Waals surface area (Å²) in [4.78, 5) is 19.0. The van der Waals surface area contributed by atoms with Crippen LogP contribution in [0.2, 0.25) is 0 Å². The molecule has 0 radical (unpaired) electrons. The molecule has 0 spiro atoms. The third-order valence-electron chi connectivity index (χ3n) is 5.14. The Kier molecular flexibility index (Phi) is 5.05. The molecule has 2 aliphatic heterocycles. The van der Waals surface area contributed by atoms with Gasteiger partial charge < -0.3 is 4.90 Å². The van der Waals surface area contributed by atoms with Crippen LogP contribution in [0.25, 0.3) is 0 Å². The molecule has 0 unspecified atom stereocenters. The molecule has 2 saturated heterocycles. The molecule has 5 nitrogen and oxygen atoms in total. The van der Waals surface area contributed by atoms with Crippen LogP contribution in [0.4, 0.5) is 5.69 Å². The minimum Gasteiger partial charge on any atom is -0.315 e. The van der Waals surface area contributed by atoms with E-state index in [1.54, 1.807) is 0 Å². The molecule has 2 atom stereocenters. The van der Waals surface area contributed by atoms with Crippen molar-refractivity contribution in [2.75, 3.05) is 16.4 Å². The normalized spacial score (nSPS) is 24.5. The molecule has 146 valence electrons. The van der Waals surface area contributed by atoms with Gasteiger partial charge in [0.05, 0.1) is 24.0 Å². The molecule has 0 aliphatic carbocycles. The zero-order valence-electron chi connectivity index (χ0n) is 15.8. The van der Waals surface area contributed by atoms with Crippen molar-refractivity contribution >= 4 is 38.4 Å². The Labute approximate surface area is 169 Å². The summed E-state index contributed by atoms with van der Waals surface area (Å²) in [7, 11) is -3.07. The lowest BCUT2D eigenvalue weighted by Gasteiger charge is -2.26. The zero-order valence-corrected chi connectivity index (χ0v) is 17.5. The Morgan fingerprint density at radius 1 is 1.11 bits per heavy atom. The predicted octanol–water partition coefficient (Wildman–Crippen LogP) is 3.15. The second kappa shape index (κ2) is 7.37. The first kappa shape index (κ1) is 19.2. The fourth-order valence-electron chi connectivity index (χ4n) is 3.71. The van der Waals surface area contributed by atoms with Crippen LogP contribution in [0.5, 0.6) is 0 Å². The maximum absolute atomic E-state index is 12.6. The zero-order chi connectivity index (χ0) is 19.9. The Bertz CT molecular complexity index is 1050. The fraction of sp³-hybridized carbons (Fsp3) is 0.333. The van der Waals surface area contributed by atoms with Crippen molar-refractivity contribution < 1.29 is 13.2 Å². The lowest BCUT2D eigenvalue weighted by molar-refractivity contribution is -0.117. The number of thioether (sulfide) groups is 1. The van der Waals surface area contributed by atoms with Crippen molar-refractivity contribution in [3.8, 4) is 0 Å². The van der Waals surface area contributed by atoms with Gasteiger partial charge >= 0.3 is 0 Å². The number of para-hydroxylation sites is 1. The number of carbonyl (C=O) groups excluding carboxylic acids is 1. The molecule has 0 N–H and O–H groups in total. The van der Waals surface area contributed by atoms with E-state index in [2.05, 4.69) is 4.99 Å². The van der Waals surface area contributed by atoms with Crippen LogP contribution >= 0.6 is 11.8 Å². The van der Waals surface area contributed by atoms with Gasteiger partial charge in [0.25, 0.3) is 5.91 Å². The van der Waals surface area contributed by atoms with E-state index in [4.69, 9.17) is 0 Å². The number of hydrogen-bond donors (Lipinski definition) is 0. The minimum absolute atomic E-state index is 0.0875. The lowest BCUT2D eigenvalue weighted by Crippen LogP contribution is -2.38. The van der Waals surface area contributed by atoms with Crippen LogP contribution < -0.4 is 4.90 Å². The highest BCUT2D eigenvalue weighted by Gasteiger charge is 2.49. The third-order valence-corrected chi connectivity index (χ3v) is 8.35. The molecular weight excluding hydrogens is 392 g/mol. The Morgan fingerprint density at radius 2 is 1.82 bits per heavy atom. The Balaban J connectivity index is 1.65. The smallest absolute Gasteiger partial charge is 0.252 e. The largest absolute Gasteiger partial charge is 0.315 e. The summed E-state index contributed by atoms with van der Waals surface area (Å²) in [6.45, 7) is 4.00. The van der Waals surface area contributed by atoms with Crippen LogP contribution in [0.1, 0.15) is 16.7 Å². The summed E-state index contributed by atoms with van der Waals surface area (Å²) in [5, 5.41) is 0.520. The summed E-state index contributed by atoms with van der Waals surface area (Å²) in [5.74, 6) is 0.0211. The number of aliphatic imine (C=N–C) groups is 1. The van der Waals surface area contributed by atoms with Crippen molar-refractivity contribution in [2.24, 2.45) is 4.99 Å². The number of amides is 1. The maximum atomic E-state index is 12.6. The van der Waals surface area contributed by atoms with E-state index >= 15 is 0 Å². The van der Waals surface area contributed by atoms with Crippen LogP contribution in [0, 0.1) is 13.8 Å². The third kappa shape index (κ3) is 3.86. The minimum atomic E-state index is -3.07. The molecule has 7 heteroatoms. The van der Waals surface area contributed by atoms with Gasteiger partial charge in [0.1, 0.15) is 0 Å². The van der Waals surface area contributed by atoms with Crippen LogP contribution in [-0.4, -0.2) is 42.3 Å². The molecule has 2 aromatic carbocycles. The number of nitrogens with zero attached hydrogens (tertiary/aromatic N) is 2. The van der Waals surface area contributed by atoms with Crippen molar-refractivity contribution in [3.05, 3.63) is 65.2 Å². The number of carbonyl (C=O) groups is 1. The molecule has 2 heterocycles. The average Bonchev–Trinajstić information content (AvgIpc) is 3.08. The van der Waals surface area contributed by atoms with Gasteiger partial charge in [0.15, 0.2) is 15.0 Å². The van der Waals surface area contributed by atoms with Crippen LogP contribution in [0.15, 0.2) is 53.5 Å². The molecule has 2 fully saturated rings. The average molecular weight is 415 g/mol. The van der Waals surface area contributed by atoms with Crippen molar-refractivity contribution in [2.45, 2.75) is 31.6 Å². The summed E-state index contributed by atoms with van der Waals surface area (Å²) < 4.78 is 24.3. The molecule has 0 aromatic heterocycles. The van der Waals surface area contributed by atoms with Gasteiger partial charge in [-0.15, -0.1) is 0 Å². The number of hydrogen-bond acceptors (Lipinski definition) is 4. The Morgan fingerprint density at radius 3 is 2.54 bits per heavy atom. The highest BCUT2D eigenvalue weighted by molar-refractivity contribution is 8.16.